The molecule has 2 aliphatic heterocycles. The zero-order valence-electron chi connectivity index (χ0n) is 13.5. The summed E-state index contributed by atoms with van der Waals surface area (Å²) >= 11 is 0. The Morgan fingerprint density at radius 2 is 2.00 bits per heavy atom. The fourth-order valence-electron chi connectivity index (χ4n) is 3.35. The van der Waals surface area contributed by atoms with Gasteiger partial charge < -0.3 is 0 Å². The highest BCUT2D eigenvalue weighted by Crippen LogP contribution is 2.20. The molecule has 3 rings (SSSR count). The molecule has 0 amide bonds. The minimum absolute atomic E-state index is 0.246. The van der Waals surface area contributed by atoms with E-state index in [1.54, 1.807) is 0 Å². The summed E-state index contributed by atoms with van der Waals surface area (Å²) < 4.78 is 25.2. The van der Waals surface area contributed by atoms with Gasteiger partial charge in [-0.2, -0.15) is 5.10 Å². The zero-order valence-corrected chi connectivity index (χ0v) is 14.3. The number of rotatable bonds is 4. The molecule has 0 N–H and O–H groups in total. The van der Waals surface area contributed by atoms with Gasteiger partial charge in [-0.3, -0.25) is 14.5 Å². The lowest BCUT2D eigenvalue weighted by molar-refractivity contribution is 0.100. The first-order valence-corrected chi connectivity index (χ1v) is 9.95. The number of hydrogen-bond acceptors (Lipinski definition) is 5. The Morgan fingerprint density at radius 1 is 1.27 bits per heavy atom. The average Bonchev–Trinajstić information content (AvgIpc) is 3.06. The van der Waals surface area contributed by atoms with Crippen molar-refractivity contribution in [1.29, 1.82) is 0 Å². The van der Waals surface area contributed by atoms with E-state index in [0.717, 1.165) is 39.1 Å². The van der Waals surface area contributed by atoms with Crippen LogP contribution < -0.4 is 0 Å². The van der Waals surface area contributed by atoms with Crippen molar-refractivity contribution in [2.75, 3.05) is 37.7 Å². The predicted molar refractivity (Wildman–Crippen MR) is 86.5 cm³/mol. The molecule has 1 aromatic heterocycles. The Morgan fingerprint density at radius 3 is 2.55 bits per heavy atom. The SMILES string of the molecule is CC(C)n1cc(CN2CCN([C@H]3CCS(=O)(=O)C3)CC2)cn1. The van der Waals surface area contributed by atoms with Crippen molar-refractivity contribution >= 4 is 9.84 Å². The van der Waals surface area contributed by atoms with Crippen LogP contribution >= 0.6 is 0 Å². The first-order valence-electron chi connectivity index (χ1n) is 8.13. The molecule has 2 aliphatic rings. The van der Waals surface area contributed by atoms with E-state index in [4.69, 9.17) is 0 Å². The van der Waals surface area contributed by atoms with Crippen molar-refractivity contribution in [1.82, 2.24) is 19.6 Å². The summed E-state index contributed by atoms with van der Waals surface area (Å²) in [6, 6.07) is 0.644. The van der Waals surface area contributed by atoms with E-state index in [1.807, 2.05) is 10.9 Å². The number of piperazine rings is 1. The summed E-state index contributed by atoms with van der Waals surface area (Å²) in [7, 11) is -2.78. The highest BCUT2D eigenvalue weighted by molar-refractivity contribution is 7.91. The second kappa shape index (κ2) is 6.29. The van der Waals surface area contributed by atoms with Gasteiger partial charge in [-0.25, -0.2) is 8.42 Å². The van der Waals surface area contributed by atoms with Gasteiger partial charge in [0.15, 0.2) is 9.84 Å². The van der Waals surface area contributed by atoms with Crippen LogP contribution in [-0.4, -0.2) is 71.7 Å². The van der Waals surface area contributed by atoms with Crippen LogP contribution in [0.5, 0.6) is 0 Å². The number of hydrogen-bond donors (Lipinski definition) is 0. The van der Waals surface area contributed by atoms with E-state index < -0.39 is 9.84 Å². The Balaban J connectivity index is 1.49. The molecule has 0 aliphatic carbocycles. The second-order valence-electron chi connectivity index (χ2n) is 6.79. The average molecular weight is 326 g/mol. The maximum atomic E-state index is 11.6. The molecule has 0 unspecified atom stereocenters. The molecule has 2 fully saturated rings. The molecule has 0 aromatic carbocycles. The molecule has 1 atom stereocenters. The molecule has 22 heavy (non-hydrogen) atoms. The fraction of sp³-hybridized carbons (Fsp3) is 0.800. The Hall–Kier alpha value is -0.920. The summed E-state index contributed by atoms with van der Waals surface area (Å²) in [6.45, 7) is 9.14. The van der Waals surface area contributed by atoms with Crippen LogP contribution in [0.2, 0.25) is 0 Å². The first-order chi connectivity index (χ1) is 10.4. The molecule has 0 radical (unpaired) electrons. The lowest BCUT2D eigenvalue weighted by atomic mass is 10.2. The molecular weight excluding hydrogens is 300 g/mol. The number of aromatic nitrogens is 2. The van der Waals surface area contributed by atoms with Crippen molar-refractivity contribution in [3.8, 4) is 0 Å². The van der Waals surface area contributed by atoms with Crippen LogP contribution in [0.4, 0.5) is 0 Å². The molecule has 0 spiro atoms. The van der Waals surface area contributed by atoms with E-state index in [9.17, 15) is 8.42 Å². The van der Waals surface area contributed by atoms with Gasteiger partial charge in [0.05, 0.1) is 17.7 Å². The minimum atomic E-state index is -2.78. The molecule has 2 saturated heterocycles. The third-order valence-corrected chi connectivity index (χ3v) is 6.47. The standard InChI is InChI=1S/C15H26N4O2S/c1-13(2)19-11-14(9-16-19)10-17-4-6-18(7-5-17)15-3-8-22(20,21)12-15/h9,11,13,15H,3-8,10,12H2,1-2H3/t15-/m0/s1. The van der Waals surface area contributed by atoms with E-state index >= 15 is 0 Å². The summed E-state index contributed by atoms with van der Waals surface area (Å²) in [5.41, 5.74) is 1.26. The molecule has 0 bridgehead atoms. The third-order valence-electron chi connectivity index (χ3n) is 4.72. The monoisotopic (exact) mass is 326 g/mol. The molecule has 1 aromatic rings. The van der Waals surface area contributed by atoms with Crippen LogP contribution in [0, 0.1) is 0 Å². The summed E-state index contributed by atoms with van der Waals surface area (Å²) in [6.07, 6.45) is 4.89. The largest absolute Gasteiger partial charge is 0.297 e. The van der Waals surface area contributed by atoms with Crippen molar-refractivity contribution in [3.05, 3.63) is 18.0 Å². The van der Waals surface area contributed by atoms with Gasteiger partial charge in [0.25, 0.3) is 0 Å². The molecule has 124 valence electrons. The van der Waals surface area contributed by atoms with Crippen molar-refractivity contribution in [2.24, 2.45) is 0 Å². The Kier molecular flexibility index (Phi) is 4.56. The van der Waals surface area contributed by atoms with Crippen LogP contribution in [0.1, 0.15) is 31.9 Å². The van der Waals surface area contributed by atoms with Crippen LogP contribution in [0.25, 0.3) is 0 Å². The zero-order chi connectivity index (χ0) is 15.7. The van der Waals surface area contributed by atoms with Crippen LogP contribution in [0.15, 0.2) is 12.4 Å². The number of sulfone groups is 1. The highest BCUT2D eigenvalue weighted by Gasteiger charge is 2.33. The number of nitrogens with zero attached hydrogens (tertiary/aromatic N) is 4. The molecule has 6 nitrogen and oxygen atoms in total. The van der Waals surface area contributed by atoms with Gasteiger partial charge in [0, 0.05) is 56.6 Å². The quantitative estimate of drug-likeness (QED) is 0.818. The maximum absolute atomic E-state index is 11.6. The first kappa shape index (κ1) is 16.0. The van der Waals surface area contributed by atoms with E-state index in [0.29, 0.717) is 17.5 Å². The fourth-order valence-corrected chi connectivity index (χ4v) is 5.11. The molecular formula is C15H26N4O2S. The van der Waals surface area contributed by atoms with E-state index in [1.165, 1.54) is 5.56 Å². The summed E-state index contributed by atoms with van der Waals surface area (Å²) in [5.74, 6) is 0.723. The van der Waals surface area contributed by atoms with Crippen LogP contribution in [-0.2, 0) is 16.4 Å². The smallest absolute Gasteiger partial charge is 0.151 e. The van der Waals surface area contributed by atoms with Crippen LogP contribution in [0.3, 0.4) is 0 Å². The van der Waals surface area contributed by atoms with Gasteiger partial charge in [-0.05, 0) is 20.3 Å². The van der Waals surface area contributed by atoms with Gasteiger partial charge in [-0.1, -0.05) is 0 Å². The highest BCUT2D eigenvalue weighted by atomic mass is 32.2. The van der Waals surface area contributed by atoms with Gasteiger partial charge in [0.2, 0.25) is 0 Å². The van der Waals surface area contributed by atoms with Crippen molar-refractivity contribution < 1.29 is 8.42 Å². The van der Waals surface area contributed by atoms with Crippen molar-refractivity contribution in [2.45, 2.75) is 38.9 Å². The third kappa shape index (κ3) is 3.70. The summed E-state index contributed by atoms with van der Waals surface area (Å²) in [4.78, 5) is 4.79. The lowest BCUT2D eigenvalue weighted by Crippen LogP contribution is -2.50. The molecule has 0 saturated carbocycles. The molecule has 7 heteroatoms. The van der Waals surface area contributed by atoms with Gasteiger partial charge in [0.1, 0.15) is 0 Å². The predicted octanol–water partition coefficient (Wildman–Crippen LogP) is 0.769. The van der Waals surface area contributed by atoms with Gasteiger partial charge >= 0.3 is 0 Å². The van der Waals surface area contributed by atoms with E-state index in [-0.39, 0.29) is 6.04 Å². The summed E-state index contributed by atoms with van der Waals surface area (Å²) in [5, 5.41) is 4.39. The minimum Gasteiger partial charge on any atom is -0.297 e. The normalized spacial score (nSPS) is 26.8. The second-order valence-corrected chi connectivity index (χ2v) is 9.02. The van der Waals surface area contributed by atoms with Gasteiger partial charge in [-0.15, -0.1) is 0 Å². The van der Waals surface area contributed by atoms with Crippen molar-refractivity contribution in [3.63, 3.8) is 0 Å². The van der Waals surface area contributed by atoms with E-state index in [2.05, 4.69) is 34.9 Å². The lowest BCUT2D eigenvalue weighted by Gasteiger charge is -2.37. The molecule has 3 heterocycles. The topological polar surface area (TPSA) is 58.4 Å². The Labute approximate surface area is 133 Å². The Bertz CT molecular complexity index is 603. The maximum Gasteiger partial charge on any atom is 0.151 e.